The number of carbonyl (C=O) groups is 2. The quantitative estimate of drug-likeness (QED) is 0.0863. The van der Waals surface area contributed by atoms with Crippen LogP contribution in [0.1, 0.15) is 46.7 Å². The Balaban J connectivity index is 1.30. The van der Waals surface area contributed by atoms with Gasteiger partial charge in [0, 0.05) is 50.7 Å². The average Bonchev–Trinajstić information content (AvgIpc) is 3.22. The highest BCUT2D eigenvalue weighted by Gasteiger charge is 2.32. The number of nitrogens with zero attached hydrogens (tertiary/aromatic N) is 1. The smallest absolute Gasteiger partial charge is 0.251 e. The van der Waals surface area contributed by atoms with Gasteiger partial charge < -0.3 is 31.3 Å². The lowest BCUT2D eigenvalue weighted by Gasteiger charge is -2.29. The third-order valence-electron chi connectivity index (χ3n) is 8.42. The summed E-state index contributed by atoms with van der Waals surface area (Å²) < 4.78 is 0. The van der Waals surface area contributed by atoms with E-state index in [2.05, 4.69) is 45.5 Å². The number of phenols is 1. The summed E-state index contributed by atoms with van der Waals surface area (Å²) in [4.78, 5) is 29.2. The summed E-state index contributed by atoms with van der Waals surface area (Å²) in [6, 6.07) is 30.6. The number of amides is 2. The normalized spacial score (nSPS) is 16.8. The molecule has 0 aliphatic carbocycles. The summed E-state index contributed by atoms with van der Waals surface area (Å²) in [7, 11) is 1.70. The second-order valence-electron chi connectivity index (χ2n) is 11.5. The fourth-order valence-electron chi connectivity index (χ4n) is 5.93. The molecule has 0 saturated carbocycles. The predicted molar refractivity (Wildman–Crippen MR) is 179 cm³/mol. The van der Waals surface area contributed by atoms with Crippen LogP contribution in [-0.2, 0) is 4.79 Å². The van der Waals surface area contributed by atoms with Crippen molar-refractivity contribution < 1.29 is 14.7 Å². The highest BCUT2D eigenvalue weighted by atomic mass is 16.3. The van der Waals surface area contributed by atoms with Gasteiger partial charge >= 0.3 is 0 Å². The van der Waals surface area contributed by atoms with E-state index < -0.39 is 6.04 Å². The monoisotopic (exact) mass is 606 g/mol. The first kappa shape index (κ1) is 31.5. The van der Waals surface area contributed by atoms with E-state index in [0.29, 0.717) is 51.0 Å². The summed E-state index contributed by atoms with van der Waals surface area (Å²) in [5.41, 5.74) is 2.87. The number of guanidine groups is 1. The lowest BCUT2D eigenvalue weighted by molar-refractivity contribution is -0.133. The number of aromatic hydroxyl groups is 1. The van der Waals surface area contributed by atoms with Crippen LogP contribution in [0.25, 0.3) is 10.8 Å². The van der Waals surface area contributed by atoms with Gasteiger partial charge in [-0.2, -0.15) is 0 Å². The third kappa shape index (κ3) is 8.39. The average molecular weight is 607 g/mol. The van der Waals surface area contributed by atoms with E-state index in [0.717, 1.165) is 21.9 Å². The Bertz CT molecular complexity index is 1560. The summed E-state index contributed by atoms with van der Waals surface area (Å²) in [6.45, 7) is 2.08. The topological polar surface area (TPSA) is 130 Å². The highest BCUT2D eigenvalue weighted by Crippen LogP contribution is 2.27. The molecule has 1 fully saturated rings. The molecule has 6 N–H and O–H groups in total. The van der Waals surface area contributed by atoms with E-state index in [1.807, 2.05) is 53.4 Å². The van der Waals surface area contributed by atoms with Gasteiger partial charge in [0.1, 0.15) is 5.75 Å². The molecule has 5 rings (SSSR count). The van der Waals surface area contributed by atoms with Crippen LogP contribution in [0.3, 0.4) is 0 Å². The van der Waals surface area contributed by atoms with E-state index in [9.17, 15) is 14.7 Å². The Morgan fingerprint density at radius 3 is 2.31 bits per heavy atom. The zero-order valence-electron chi connectivity index (χ0n) is 25.6. The fraction of sp³-hybridized carbons (Fsp3) is 0.306. The molecule has 1 saturated heterocycles. The van der Waals surface area contributed by atoms with Gasteiger partial charge in [-0.15, -0.1) is 0 Å². The fourth-order valence-corrected chi connectivity index (χ4v) is 5.93. The molecule has 9 heteroatoms. The number of fused-ring (bicyclic) bond motifs is 1. The number of rotatable bonds is 11. The highest BCUT2D eigenvalue weighted by molar-refractivity contribution is 5.98. The van der Waals surface area contributed by atoms with Crippen molar-refractivity contribution in [3.8, 4) is 5.75 Å². The van der Waals surface area contributed by atoms with E-state index in [1.54, 1.807) is 31.3 Å². The molecule has 45 heavy (non-hydrogen) atoms. The summed E-state index contributed by atoms with van der Waals surface area (Å²) in [5, 5.41) is 31.7. The van der Waals surface area contributed by atoms with Crippen LogP contribution in [0.2, 0.25) is 0 Å². The molecule has 4 aromatic rings. The lowest BCUT2D eigenvalue weighted by atomic mass is 9.90. The Labute approximate surface area is 264 Å². The first-order valence-corrected chi connectivity index (χ1v) is 15.6. The van der Waals surface area contributed by atoms with E-state index in [4.69, 9.17) is 5.41 Å². The second kappa shape index (κ2) is 15.2. The molecule has 1 aliphatic heterocycles. The molecule has 2 atom stereocenters. The molecular weight excluding hydrogens is 564 g/mol. The lowest BCUT2D eigenvalue weighted by Crippen LogP contribution is -2.49. The van der Waals surface area contributed by atoms with Crippen LogP contribution in [-0.4, -0.2) is 73.1 Å². The van der Waals surface area contributed by atoms with Gasteiger partial charge in [0.25, 0.3) is 5.91 Å². The summed E-state index contributed by atoms with van der Waals surface area (Å²) in [5.74, 6) is 0.338. The molecule has 2 amide bonds. The van der Waals surface area contributed by atoms with Crippen molar-refractivity contribution in [3.05, 3.63) is 114 Å². The number of hydrogen-bond acceptors (Lipinski definition) is 5. The van der Waals surface area contributed by atoms with Gasteiger partial charge in [0.2, 0.25) is 5.91 Å². The van der Waals surface area contributed by atoms with E-state index in [-0.39, 0.29) is 35.5 Å². The summed E-state index contributed by atoms with van der Waals surface area (Å²) in [6.07, 6.45) is 1.99. The zero-order chi connectivity index (χ0) is 31.6. The maximum Gasteiger partial charge on any atom is 0.251 e. The van der Waals surface area contributed by atoms with Crippen molar-refractivity contribution in [2.24, 2.45) is 0 Å². The van der Waals surface area contributed by atoms with Crippen LogP contribution in [0.4, 0.5) is 0 Å². The van der Waals surface area contributed by atoms with Gasteiger partial charge in [-0.3, -0.25) is 15.0 Å². The molecule has 234 valence electrons. The van der Waals surface area contributed by atoms with Crippen LogP contribution in [0.15, 0.2) is 97.1 Å². The molecule has 9 nitrogen and oxygen atoms in total. The Morgan fingerprint density at radius 1 is 0.956 bits per heavy atom. The molecular formula is C36H42N6O3. The van der Waals surface area contributed by atoms with Gasteiger partial charge in [0.15, 0.2) is 5.96 Å². The van der Waals surface area contributed by atoms with Crippen molar-refractivity contribution in [3.63, 3.8) is 0 Å². The summed E-state index contributed by atoms with van der Waals surface area (Å²) >= 11 is 0. The van der Waals surface area contributed by atoms with Crippen LogP contribution < -0.4 is 21.3 Å². The Hall–Kier alpha value is -4.89. The molecule has 0 spiro atoms. The minimum Gasteiger partial charge on any atom is -0.508 e. The molecule has 0 bridgehead atoms. The maximum atomic E-state index is 14.1. The Kier molecular flexibility index (Phi) is 10.7. The first-order valence-electron chi connectivity index (χ1n) is 15.6. The van der Waals surface area contributed by atoms with E-state index >= 15 is 0 Å². The van der Waals surface area contributed by atoms with E-state index in [1.165, 1.54) is 0 Å². The van der Waals surface area contributed by atoms with Crippen molar-refractivity contribution in [2.75, 3.05) is 33.2 Å². The predicted octanol–water partition coefficient (Wildman–Crippen LogP) is 4.19. The minimum absolute atomic E-state index is 0.0286. The van der Waals surface area contributed by atoms with Crippen molar-refractivity contribution in [1.29, 1.82) is 5.41 Å². The number of nitrogens with one attached hydrogen (secondary N) is 5. The standard InChI is InChI=1S/C36H42N6O3/c1-38-36(37)39-19-8-13-33-35(45)42(24-32(25-9-4-2-5-10-25)26-11-6-3-7-12-26)20-18-30(41-33)23-40-34(44)29-15-14-28-22-31(43)17-16-27(28)21-29/h2-7,9-12,14-17,21-22,30,32-33,41,43H,8,13,18-20,23-24H2,1H3,(H,40,44)(H3,37,38,39). The number of hydrogen-bond donors (Lipinski definition) is 6. The van der Waals surface area contributed by atoms with Crippen molar-refractivity contribution in [2.45, 2.75) is 37.3 Å². The molecule has 1 heterocycles. The van der Waals surface area contributed by atoms with Crippen molar-refractivity contribution >= 4 is 28.5 Å². The van der Waals surface area contributed by atoms with Gasteiger partial charge in [-0.05, 0) is 65.4 Å². The van der Waals surface area contributed by atoms with Crippen molar-refractivity contribution in [1.82, 2.24) is 26.2 Å². The maximum absolute atomic E-state index is 14.1. The molecule has 4 aromatic carbocycles. The SMILES string of the molecule is CNC(=N)NCCCC1NC(CNC(=O)c2ccc3cc(O)ccc3c2)CCN(CC(c2ccccc2)c2ccccc2)C1=O. The van der Waals surface area contributed by atoms with Crippen LogP contribution in [0, 0.1) is 5.41 Å². The Morgan fingerprint density at radius 2 is 1.62 bits per heavy atom. The molecule has 0 aromatic heterocycles. The molecule has 2 unspecified atom stereocenters. The largest absolute Gasteiger partial charge is 0.508 e. The van der Waals surface area contributed by atoms with Gasteiger partial charge in [-0.1, -0.05) is 72.8 Å². The van der Waals surface area contributed by atoms with Crippen LogP contribution >= 0.6 is 0 Å². The number of carbonyl (C=O) groups excluding carboxylic acids is 2. The van der Waals surface area contributed by atoms with Crippen LogP contribution in [0.5, 0.6) is 5.75 Å². The minimum atomic E-state index is -0.416. The first-order chi connectivity index (χ1) is 21.9. The zero-order valence-corrected chi connectivity index (χ0v) is 25.6. The van der Waals surface area contributed by atoms with Gasteiger partial charge in [-0.25, -0.2) is 0 Å². The number of phenolic OH excluding ortho intramolecular Hbond substituents is 1. The second-order valence-corrected chi connectivity index (χ2v) is 11.5. The third-order valence-corrected chi connectivity index (χ3v) is 8.42. The number of benzene rings is 4. The van der Waals surface area contributed by atoms with Gasteiger partial charge in [0.05, 0.1) is 6.04 Å². The molecule has 0 radical (unpaired) electrons. The molecule has 1 aliphatic rings.